The Morgan fingerprint density at radius 1 is 1.27 bits per heavy atom. The molecule has 0 fully saturated rings. The van der Waals surface area contributed by atoms with Gasteiger partial charge < -0.3 is 4.74 Å². The number of hydrogen-bond acceptors (Lipinski definition) is 2. The third-order valence-corrected chi connectivity index (χ3v) is 2.61. The van der Waals surface area contributed by atoms with Crippen LogP contribution in [0.15, 0.2) is 24.3 Å². The Balaban J connectivity index is 2.85. The lowest BCUT2D eigenvalue weighted by Gasteiger charge is -2.23. The van der Waals surface area contributed by atoms with Crippen LogP contribution in [0.3, 0.4) is 0 Å². The second-order valence-electron chi connectivity index (χ2n) is 4.29. The van der Waals surface area contributed by atoms with Gasteiger partial charge in [-0.3, -0.25) is 4.79 Å². The molecular weight excluding hydrogens is 188 g/mol. The normalized spacial score (nSPS) is 11.5. The molecule has 0 aliphatic heterocycles. The first-order valence-electron chi connectivity index (χ1n) is 5.09. The maximum absolute atomic E-state index is 10.9. The molecule has 0 aliphatic rings. The number of ether oxygens (including phenoxy) is 1. The number of hydrogen-bond donors (Lipinski definition) is 0. The number of methoxy groups -OCH3 is 1. The minimum atomic E-state index is -0.269. The minimum absolute atomic E-state index is 0.189. The SMILES string of the molecule is COC(C)(C)c1ccc(CC(C)=O)cc1. The monoisotopic (exact) mass is 206 g/mol. The van der Waals surface area contributed by atoms with Gasteiger partial charge in [-0.1, -0.05) is 24.3 Å². The summed E-state index contributed by atoms with van der Waals surface area (Å²) in [6.45, 7) is 5.65. The summed E-state index contributed by atoms with van der Waals surface area (Å²) in [5.74, 6) is 0.189. The van der Waals surface area contributed by atoms with Crippen LogP contribution >= 0.6 is 0 Å². The van der Waals surface area contributed by atoms with Crippen LogP contribution in [0.25, 0.3) is 0 Å². The zero-order valence-electron chi connectivity index (χ0n) is 9.83. The molecule has 1 aromatic carbocycles. The molecule has 0 amide bonds. The first-order valence-corrected chi connectivity index (χ1v) is 5.09. The van der Waals surface area contributed by atoms with Crippen molar-refractivity contribution in [3.63, 3.8) is 0 Å². The smallest absolute Gasteiger partial charge is 0.134 e. The molecule has 0 unspecified atom stereocenters. The van der Waals surface area contributed by atoms with Crippen LogP contribution in [-0.2, 0) is 21.6 Å². The van der Waals surface area contributed by atoms with Crippen molar-refractivity contribution in [3.8, 4) is 0 Å². The average Bonchev–Trinajstić information content (AvgIpc) is 2.18. The molecule has 0 N–H and O–H groups in total. The maximum atomic E-state index is 10.9. The Morgan fingerprint density at radius 2 is 1.80 bits per heavy atom. The summed E-state index contributed by atoms with van der Waals surface area (Å²) < 4.78 is 5.38. The highest BCUT2D eigenvalue weighted by atomic mass is 16.5. The number of rotatable bonds is 4. The Kier molecular flexibility index (Phi) is 3.64. The zero-order chi connectivity index (χ0) is 11.5. The fourth-order valence-corrected chi connectivity index (χ4v) is 1.43. The van der Waals surface area contributed by atoms with Gasteiger partial charge in [0, 0.05) is 13.5 Å². The summed E-state index contributed by atoms with van der Waals surface area (Å²) in [7, 11) is 1.70. The Morgan fingerprint density at radius 3 is 2.20 bits per heavy atom. The second kappa shape index (κ2) is 4.58. The van der Waals surface area contributed by atoms with Crippen LogP contribution in [0.4, 0.5) is 0 Å². The van der Waals surface area contributed by atoms with E-state index < -0.39 is 0 Å². The highest BCUT2D eigenvalue weighted by Gasteiger charge is 2.18. The first kappa shape index (κ1) is 11.9. The molecule has 15 heavy (non-hydrogen) atoms. The molecule has 0 spiro atoms. The van der Waals surface area contributed by atoms with Crippen molar-refractivity contribution in [1.29, 1.82) is 0 Å². The van der Waals surface area contributed by atoms with Crippen molar-refractivity contribution in [2.24, 2.45) is 0 Å². The lowest BCUT2D eigenvalue weighted by atomic mass is 9.96. The third-order valence-electron chi connectivity index (χ3n) is 2.61. The first-order chi connectivity index (χ1) is 6.95. The number of ketones is 1. The second-order valence-corrected chi connectivity index (χ2v) is 4.29. The van der Waals surface area contributed by atoms with Gasteiger partial charge in [0.25, 0.3) is 0 Å². The van der Waals surface area contributed by atoms with E-state index >= 15 is 0 Å². The Bertz CT molecular complexity index is 336. The van der Waals surface area contributed by atoms with Crippen molar-refractivity contribution in [2.75, 3.05) is 7.11 Å². The predicted octanol–water partition coefficient (Wildman–Crippen LogP) is 2.70. The number of Topliss-reactive ketones (excluding diaryl/α,β-unsaturated/α-hetero) is 1. The molecule has 0 heterocycles. The topological polar surface area (TPSA) is 26.3 Å². The fraction of sp³-hybridized carbons (Fsp3) is 0.462. The highest BCUT2D eigenvalue weighted by Crippen LogP contribution is 2.23. The quantitative estimate of drug-likeness (QED) is 0.757. The van der Waals surface area contributed by atoms with Crippen LogP contribution in [0.2, 0.25) is 0 Å². The van der Waals surface area contributed by atoms with E-state index in [1.165, 1.54) is 0 Å². The molecule has 0 bridgehead atoms. The molecule has 1 aromatic rings. The fourth-order valence-electron chi connectivity index (χ4n) is 1.43. The van der Waals surface area contributed by atoms with Gasteiger partial charge in [-0.15, -0.1) is 0 Å². The predicted molar refractivity (Wildman–Crippen MR) is 60.9 cm³/mol. The van der Waals surface area contributed by atoms with Gasteiger partial charge in [0.15, 0.2) is 0 Å². The summed E-state index contributed by atoms with van der Waals surface area (Å²) in [6, 6.07) is 8.00. The van der Waals surface area contributed by atoms with E-state index in [-0.39, 0.29) is 11.4 Å². The molecule has 0 radical (unpaired) electrons. The van der Waals surface area contributed by atoms with Gasteiger partial charge in [-0.2, -0.15) is 0 Å². The summed E-state index contributed by atoms with van der Waals surface area (Å²) in [5.41, 5.74) is 1.91. The van der Waals surface area contributed by atoms with Crippen LogP contribution in [-0.4, -0.2) is 12.9 Å². The summed E-state index contributed by atoms with van der Waals surface area (Å²) in [5, 5.41) is 0. The van der Waals surface area contributed by atoms with Crippen molar-refractivity contribution < 1.29 is 9.53 Å². The van der Waals surface area contributed by atoms with E-state index in [1.807, 2.05) is 38.1 Å². The van der Waals surface area contributed by atoms with Gasteiger partial charge in [-0.25, -0.2) is 0 Å². The molecule has 2 heteroatoms. The molecule has 1 rings (SSSR count). The van der Waals surface area contributed by atoms with Crippen molar-refractivity contribution in [3.05, 3.63) is 35.4 Å². The summed E-state index contributed by atoms with van der Waals surface area (Å²) in [6.07, 6.45) is 0.508. The van der Waals surface area contributed by atoms with E-state index in [0.717, 1.165) is 11.1 Å². The molecule has 0 atom stereocenters. The summed E-state index contributed by atoms with van der Waals surface area (Å²) in [4.78, 5) is 10.9. The Labute approximate surface area is 91.3 Å². The van der Waals surface area contributed by atoms with Gasteiger partial charge >= 0.3 is 0 Å². The minimum Gasteiger partial charge on any atom is -0.374 e. The van der Waals surface area contributed by atoms with Gasteiger partial charge in [-0.05, 0) is 31.9 Å². The molecule has 2 nitrogen and oxygen atoms in total. The molecule has 0 saturated heterocycles. The zero-order valence-corrected chi connectivity index (χ0v) is 9.83. The maximum Gasteiger partial charge on any atom is 0.134 e. The molecule has 0 saturated carbocycles. The number of carbonyl (C=O) groups excluding carboxylic acids is 1. The van der Waals surface area contributed by atoms with E-state index in [0.29, 0.717) is 6.42 Å². The van der Waals surface area contributed by atoms with Crippen LogP contribution in [0, 0.1) is 0 Å². The molecule has 82 valence electrons. The van der Waals surface area contributed by atoms with Crippen LogP contribution in [0.5, 0.6) is 0 Å². The summed E-state index contributed by atoms with van der Waals surface area (Å²) >= 11 is 0. The van der Waals surface area contributed by atoms with Crippen molar-refractivity contribution in [2.45, 2.75) is 32.8 Å². The largest absolute Gasteiger partial charge is 0.374 e. The average molecular weight is 206 g/mol. The number of carbonyl (C=O) groups is 1. The van der Waals surface area contributed by atoms with Crippen LogP contribution < -0.4 is 0 Å². The van der Waals surface area contributed by atoms with E-state index in [9.17, 15) is 4.79 Å². The van der Waals surface area contributed by atoms with Crippen molar-refractivity contribution in [1.82, 2.24) is 0 Å². The van der Waals surface area contributed by atoms with Gasteiger partial charge in [0.1, 0.15) is 5.78 Å². The highest BCUT2D eigenvalue weighted by molar-refractivity contribution is 5.78. The molecular formula is C13H18O2. The molecule has 0 aliphatic carbocycles. The molecule has 0 aromatic heterocycles. The standard InChI is InChI=1S/C13H18O2/c1-10(14)9-11-5-7-12(8-6-11)13(2,3)15-4/h5-8H,9H2,1-4H3. The van der Waals surface area contributed by atoms with Crippen LogP contribution in [0.1, 0.15) is 31.9 Å². The van der Waals surface area contributed by atoms with Crippen molar-refractivity contribution >= 4 is 5.78 Å². The van der Waals surface area contributed by atoms with Gasteiger partial charge in [0.2, 0.25) is 0 Å². The lowest BCUT2D eigenvalue weighted by Crippen LogP contribution is -2.19. The van der Waals surface area contributed by atoms with E-state index in [4.69, 9.17) is 4.74 Å². The lowest BCUT2D eigenvalue weighted by molar-refractivity contribution is -0.116. The number of benzene rings is 1. The van der Waals surface area contributed by atoms with E-state index in [1.54, 1.807) is 14.0 Å². The Hall–Kier alpha value is -1.15. The van der Waals surface area contributed by atoms with E-state index in [2.05, 4.69) is 0 Å². The van der Waals surface area contributed by atoms with Gasteiger partial charge in [0.05, 0.1) is 5.60 Å². The third kappa shape index (κ3) is 3.17.